The lowest BCUT2D eigenvalue weighted by atomic mass is 9.75. The van der Waals surface area contributed by atoms with E-state index < -0.39 is 0 Å². The minimum atomic E-state index is 0.0242. The van der Waals surface area contributed by atoms with E-state index in [9.17, 15) is 4.79 Å². The van der Waals surface area contributed by atoms with Crippen LogP contribution in [0.15, 0.2) is 24.3 Å². The second-order valence-electron chi connectivity index (χ2n) is 6.63. The molecule has 0 bridgehead atoms. The van der Waals surface area contributed by atoms with Crippen molar-refractivity contribution in [2.24, 2.45) is 0 Å². The van der Waals surface area contributed by atoms with Crippen LogP contribution in [0.5, 0.6) is 0 Å². The highest BCUT2D eigenvalue weighted by atomic mass is 16.2. The molecule has 1 heterocycles. The lowest BCUT2D eigenvalue weighted by molar-refractivity contribution is -0.131. The van der Waals surface area contributed by atoms with E-state index in [0.717, 1.165) is 6.54 Å². The number of carbonyl (C=O) groups excluding carboxylic acids is 1. The predicted octanol–water partition coefficient (Wildman–Crippen LogP) is 1.91. The zero-order chi connectivity index (χ0) is 15.0. The highest BCUT2D eigenvalue weighted by Crippen LogP contribution is 2.39. The van der Waals surface area contributed by atoms with Gasteiger partial charge in [-0.3, -0.25) is 10.1 Å². The zero-order valence-corrected chi connectivity index (χ0v) is 13.2. The van der Waals surface area contributed by atoms with Crippen molar-refractivity contribution in [2.45, 2.75) is 37.9 Å². The minimum Gasteiger partial charge on any atom is -0.320 e. The molecule has 114 valence electrons. The van der Waals surface area contributed by atoms with Crippen molar-refractivity contribution >= 4 is 5.91 Å². The topological polar surface area (TPSA) is 35.6 Å². The largest absolute Gasteiger partial charge is 0.320 e. The van der Waals surface area contributed by atoms with Crippen molar-refractivity contribution in [2.75, 3.05) is 27.2 Å². The van der Waals surface area contributed by atoms with Crippen molar-refractivity contribution in [1.29, 1.82) is 0 Å². The summed E-state index contributed by atoms with van der Waals surface area (Å²) in [5.74, 6) is 0.219. The number of hydrogen-bond donors (Lipinski definition) is 1. The van der Waals surface area contributed by atoms with Crippen LogP contribution >= 0.6 is 0 Å². The summed E-state index contributed by atoms with van der Waals surface area (Å²) in [5.41, 5.74) is 2.63. The number of likely N-dealkylation sites (N-methyl/N-ethyl adjacent to an activating group) is 1. The van der Waals surface area contributed by atoms with E-state index in [1.54, 1.807) is 0 Å². The van der Waals surface area contributed by atoms with Crippen LogP contribution in [0.3, 0.4) is 0 Å². The third-order valence-corrected chi connectivity index (χ3v) is 5.26. The van der Waals surface area contributed by atoms with Crippen LogP contribution in [-0.2, 0) is 4.79 Å². The molecule has 1 saturated heterocycles. The normalized spacial score (nSPS) is 24.5. The molecule has 1 atom stereocenters. The Morgan fingerprint density at radius 2 is 2.05 bits per heavy atom. The Bertz CT molecular complexity index is 537. The number of nitrogens with one attached hydrogen (secondary N) is 1. The highest BCUT2D eigenvalue weighted by Gasteiger charge is 2.44. The summed E-state index contributed by atoms with van der Waals surface area (Å²) in [6.45, 7) is 3.39. The summed E-state index contributed by atoms with van der Waals surface area (Å²) in [7, 11) is 4.27. The summed E-state index contributed by atoms with van der Waals surface area (Å²) >= 11 is 0. The zero-order valence-electron chi connectivity index (χ0n) is 13.2. The maximum atomic E-state index is 12.4. The van der Waals surface area contributed by atoms with Gasteiger partial charge < -0.3 is 9.80 Å². The van der Waals surface area contributed by atoms with Crippen molar-refractivity contribution in [3.05, 3.63) is 35.4 Å². The molecule has 1 N–H and O–H groups in total. The SMILES string of the molecule is Cc1ccccc1C1NCC(=O)N1CC1(N(C)C)CCC1. The van der Waals surface area contributed by atoms with Gasteiger partial charge in [-0.05, 0) is 51.4 Å². The first-order chi connectivity index (χ1) is 10.0. The summed E-state index contributed by atoms with van der Waals surface area (Å²) < 4.78 is 0. The Morgan fingerprint density at radius 3 is 2.62 bits per heavy atom. The molecule has 1 aromatic carbocycles. The van der Waals surface area contributed by atoms with Gasteiger partial charge in [-0.2, -0.15) is 0 Å². The van der Waals surface area contributed by atoms with E-state index in [0.29, 0.717) is 6.54 Å². The summed E-state index contributed by atoms with van der Waals surface area (Å²) in [4.78, 5) is 16.7. The Hall–Kier alpha value is -1.39. The van der Waals surface area contributed by atoms with E-state index in [1.807, 2.05) is 11.0 Å². The fraction of sp³-hybridized carbons (Fsp3) is 0.588. The first kappa shape index (κ1) is 14.5. The lowest BCUT2D eigenvalue weighted by Gasteiger charge is -2.50. The Labute approximate surface area is 127 Å². The molecule has 4 nitrogen and oxygen atoms in total. The van der Waals surface area contributed by atoms with Gasteiger partial charge in [0.1, 0.15) is 6.17 Å². The second kappa shape index (κ2) is 5.43. The fourth-order valence-electron chi connectivity index (χ4n) is 3.54. The molecule has 3 rings (SSSR count). The number of benzene rings is 1. The fourth-order valence-corrected chi connectivity index (χ4v) is 3.54. The van der Waals surface area contributed by atoms with Crippen molar-refractivity contribution in [1.82, 2.24) is 15.1 Å². The van der Waals surface area contributed by atoms with Crippen LogP contribution in [0, 0.1) is 6.92 Å². The van der Waals surface area contributed by atoms with Gasteiger partial charge in [-0.15, -0.1) is 0 Å². The van der Waals surface area contributed by atoms with Gasteiger partial charge in [-0.25, -0.2) is 0 Å². The standard InChI is InChI=1S/C17H25N3O/c1-13-7-4-5-8-14(13)16-18-11-15(21)20(16)12-17(19(2)3)9-6-10-17/h4-5,7-8,16,18H,6,9-12H2,1-3H3. The van der Waals surface area contributed by atoms with Crippen molar-refractivity contribution in [3.63, 3.8) is 0 Å². The van der Waals surface area contributed by atoms with Gasteiger partial charge >= 0.3 is 0 Å². The van der Waals surface area contributed by atoms with Gasteiger partial charge in [0.2, 0.25) is 5.91 Å². The van der Waals surface area contributed by atoms with Crippen molar-refractivity contribution in [3.8, 4) is 0 Å². The smallest absolute Gasteiger partial charge is 0.238 e. The highest BCUT2D eigenvalue weighted by molar-refractivity contribution is 5.81. The second-order valence-corrected chi connectivity index (χ2v) is 6.63. The maximum absolute atomic E-state index is 12.4. The van der Waals surface area contributed by atoms with E-state index in [-0.39, 0.29) is 17.6 Å². The molecule has 2 aliphatic rings. The van der Waals surface area contributed by atoms with Crippen LogP contribution in [0.25, 0.3) is 0 Å². The molecule has 2 fully saturated rings. The Morgan fingerprint density at radius 1 is 1.33 bits per heavy atom. The molecule has 1 aliphatic heterocycles. The van der Waals surface area contributed by atoms with Crippen LogP contribution in [-0.4, -0.2) is 48.4 Å². The number of amides is 1. The van der Waals surface area contributed by atoms with Gasteiger partial charge in [0.25, 0.3) is 0 Å². The molecule has 1 unspecified atom stereocenters. The van der Waals surface area contributed by atoms with Crippen LogP contribution in [0.1, 0.15) is 36.6 Å². The predicted molar refractivity (Wildman–Crippen MR) is 83.9 cm³/mol. The molecule has 21 heavy (non-hydrogen) atoms. The number of carbonyl (C=O) groups is 1. The van der Waals surface area contributed by atoms with Gasteiger partial charge in [-0.1, -0.05) is 24.3 Å². The van der Waals surface area contributed by atoms with Gasteiger partial charge in [0.15, 0.2) is 0 Å². The summed E-state index contributed by atoms with van der Waals surface area (Å²) in [6, 6.07) is 8.34. The Kier molecular flexibility index (Phi) is 3.76. The van der Waals surface area contributed by atoms with E-state index >= 15 is 0 Å². The molecule has 1 amide bonds. The average Bonchev–Trinajstić information content (AvgIpc) is 2.75. The molecule has 1 saturated carbocycles. The summed E-state index contributed by atoms with van der Waals surface area (Å²) in [5, 5.41) is 3.38. The number of rotatable bonds is 4. The third-order valence-electron chi connectivity index (χ3n) is 5.26. The minimum absolute atomic E-state index is 0.0242. The van der Waals surface area contributed by atoms with Gasteiger partial charge in [0, 0.05) is 12.1 Å². The first-order valence-electron chi connectivity index (χ1n) is 7.79. The van der Waals surface area contributed by atoms with E-state index in [1.165, 1.54) is 30.4 Å². The maximum Gasteiger partial charge on any atom is 0.238 e. The number of aryl methyl sites for hydroxylation is 1. The average molecular weight is 287 g/mol. The molecule has 0 spiro atoms. The van der Waals surface area contributed by atoms with Crippen LogP contribution in [0.2, 0.25) is 0 Å². The molecule has 0 aromatic heterocycles. The van der Waals surface area contributed by atoms with Gasteiger partial charge in [0.05, 0.1) is 6.54 Å². The lowest BCUT2D eigenvalue weighted by Crippen LogP contribution is -2.58. The molecular formula is C17H25N3O. The van der Waals surface area contributed by atoms with E-state index in [4.69, 9.17) is 0 Å². The first-order valence-corrected chi connectivity index (χ1v) is 7.79. The molecule has 1 aromatic rings. The van der Waals surface area contributed by atoms with E-state index in [2.05, 4.69) is 49.4 Å². The molecule has 1 aliphatic carbocycles. The molecular weight excluding hydrogens is 262 g/mol. The molecule has 0 radical (unpaired) electrons. The Balaban J connectivity index is 1.85. The number of hydrogen-bond acceptors (Lipinski definition) is 3. The summed E-state index contributed by atoms with van der Waals surface area (Å²) in [6.07, 6.45) is 3.66. The number of nitrogens with zero attached hydrogens (tertiary/aromatic N) is 2. The van der Waals surface area contributed by atoms with Crippen LogP contribution < -0.4 is 5.32 Å². The quantitative estimate of drug-likeness (QED) is 0.919. The third kappa shape index (κ3) is 2.47. The monoisotopic (exact) mass is 287 g/mol. The van der Waals surface area contributed by atoms with Crippen LogP contribution in [0.4, 0.5) is 0 Å². The van der Waals surface area contributed by atoms with Crippen molar-refractivity contribution < 1.29 is 4.79 Å². The molecule has 4 heteroatoms.